The molecule has 3 nitrogen and oxygen atoms in total. The fourth-order valence-electron chi connectivity index (χ4n) is 2.23. The summed E-state index contributed by atoms with van der Waals surface area (Å²) >= 11 is 6.78. The second-order valence-corrected chi connectivity index (χ2v) is 6.56. The van der Waals surface area contributed by atoms with Crippen molar-refractivity contribution in [1.29, 1.82) is 0 Å². The van der Waals surface area contributed by atoms with Crippen molar-refractivity contribution in [1.82, 2.24) is 4.90 Å². The van der Waals surface area contributed by atoms with Crippen molar-refractivity contribution in [3.05, 3.63) is 35.9 Å². The maximum atomic E-state index is 12.3. The highest BCUT2D eigenvalue weighted by atomic mass is 32.2. The normalized spacial score (nSPS) is 15.9. The summed E-state index contributed by atoms with van der Waals surface area (Å²) in [6.07, 6.45) is 1.94. The van der Waals surface area contributed by atoms with Gasteiger partial charge in [0.1, 0.15) is 0 Å². The third-order valence-electron chi connectivity index (χ3n) is 3.28. The first-order chi connectivity index (χ1) is 9.70. The average Bonchev–Trinajstić information content (AvgIpc) is 2.48. The molecule has 0 N–H and O–H groups in total. The second-order valence-electron chi connectivity index (χ2n) is 4.66. The smallest absolute Gasteiger partial charge is 0.253 e. The van der Waals surface area contributed by atoms with Crippen LogP contribution in [0.15, 0.2) is 30.3 Å². The SMILES string of the molecule is CCOC(=S)SC1CCN(C(=O)c2ccccc2)CC1. The molecule has 1 aromatic rings. The lowest BCUT2D eigenvalue weighted by Gasteiger charge is -2.31. The molecule has 0 spiro atoms. The zero-order valence-electron chi connectivity index (χ0n) is 11.6. The molecule has 1 amide bonds. The van der Waals surface area contributed by atoms with Gasteiger partial charge in [0, 0.05) is 23.9 Å². The lowest BCUT2D eigenvalue weighted by Crippen LogP contribution is -2.39. The first-order valence-corrected chi connectivity index (χ1v) is 8.17. The average molecular weight is 309 g/mol. The number of ether oxygens (including phenoxy) is 1. The molecule has 1 aromatic carbocycles. The van der Waals surface area contributed by atoms with Gasteiger partial charge in [-0.15, -0.1) is 0 Å². The summed E-state index contributed by atoms with van der Waals surface area (Å²) < 4.78 is 5.93. The van der Waals surface area contributed by atoms with Crippen LogP contribution in [0.5, 0.6) is 0 Å². The quantitative estimate of drug-likeness (QED) is 0.801. The molecule has 0 radical (unpaired) electrons. The Labute approximate surface area is 129 Å². The van der Waals surface area contributed by atoms with Crippen LogP contribution in [0.3, 0.4) is 0 Å². The van der Waals surface area contributed by atoms with Crippen LogP contribution in [0, 0.1) is 0 Å². The predicted molar refractivity (Wildman–Crippen MR) is 87.2 cm³/mol. The summed E-state index contributed by atoms with van der Waals surface area (Å²) in [5.41, 5.74) is 0.767. The number of benzene rings is 1. The molecule has 1 heterocycles. The van der Waals surface area contributed by atoms with Crippen molar-refractivity contribution in [2.75, 3.05) is 19.7 Å². The van der Waals surface area contributed by atoms with E-state index in [1.54, 1.807) is 11.8 Å². The molecule has 1 aliphatic rings. The number of likely N-dealkylation sites (tertiary alicyclic amines) is 1. The Balaban J connectivity index is 1.82. The van der Waals surface area contributed by atoms with E-state index >= 15 is 0 Å². The number of amides is 1. The number of thiocarbonyl (C=S) groups is 1. The van der Waals surface area contributed by atoms with E-state index in [1.165, 1.54) is 0 Å². The number of thioether (sulfide) groups is 1. The van der Waals surface area contributed by atoms with Crippen LogP contribution < -0.4 is 0 Å². The molecule has 0 atom stereocenters. The summed E-state index contributed by atoms with van der Waals surface area (Å²) in [6, 6.07) is 9.46. The number of piperidine rings is 1. The van der Waals surface area contributed by atoms with Gasteiger partial charge in [0.25, 0.3) is 5.91 Å². The van der Waals surface area contributed by atoms with E-state index in [9.17, 15) is 4.79 Å². The number of nitrogens with zero attached hydrogens (tertiary/aromatic N) is 1. The minimum Gasteiger partial charge on any atom is -0.479 e. The zero-order valence-corrected chi connectivity index (χ0v) is 13.2. The Morgan fingerprint density at radius 3 is 2.60 bits per heavy atom. The summed E-state index contributed by atoms with van der Waals surface area (Å²) in [4.78, 5) is 14.2. The molecule has 20 heavy (non-hydrogen) atoms. The first kappa shape index (κ1) is 15.3. The van der Waals surface area contributed by atoms with E-state index in [0.717, 1.165) is 31.5 Å². The Hall–Kier alpha value is -1.07. The lowest BCUT2D eigenvalue weighted by atomic mass is 10.1. The molecule has 5 heteroatoms. The number of rotatable bonds is 3. The fraction of sp³-hybridized carbons (Fsp3) is 0.467. The van der Waals surface area contributed by atoms with Gasteiger partial charge in [-0.3, -0.25) is 4.79 Å². The maximum Gasteiger partial charge on any atom is 0.253 e. The van der Waals surface area contributed by atoms with E-state index in [4.69, 9.17) is 17.0 Å². The van der Waals surface area contributed by atoms with Crippen molar-refractivity contribution in [2.45, 2.75) is 25.0 Å². The Bertz CT molecular complexity index is 456. The minimum atomic E-state index is 0.126. The van der Waals surface area contributed by atoms with Crippen LogP contribution in [0.2, 0.25) is 0 Å². The topological polar surface area (TPSA) is 29.5 Å². The number of carbonyl (C=O) groups is 1. The monoisotopic (exact) mass is 309 g/mol. The molecule has 0 aliphatic carbocycles. The van der Waals surface area contributed by atoms with Gasteiger partial charge in [0.15, 0.2) is 0 Å². The van der Waals surface area contributed by atoms with Gasteiger partial charge in [0.2, 0.25) is 4.38 Å². The van der Waals surface area contributed by atoms with E-state index in [0.29, 0.717) is 16.2 Å². The molecule has 0 bridgehead atoms. The highest BCUT2D eigenvalue weighted by Crippen LogP contribution is 2.25. The summed E-state index contributed by atoms with van der Waals surface area (Å²) in [5, 5.41) is 0.467. The highest BCUT2D eigenvalue weighted by molar-refractivity contribution is 8.23. The molecule has 0 unspecified atom stereocenters. The van der Waals surface area contributed by atoms with Crippen LogP contribution in [-0.2, 0) is 4.74 Å². The van der Waals surface area contributed by atoms with Crippen LogP contribution in [-0.4, -0.2) is 40.1 Å². The van der Waals surface area contributed by atoms with Crippen molar-refractivity contribution in [3.8, 4) is 0 Å². The number of hydrogen-bond donors (Lipinski definition) is 0. The number of carbonyl (C=O) groups excluding carboxylic acids is 1. The molecular weight excluding hydrogens is 290 g/mol. The fourth-order valence-corrected chi connectivity index (χ4v) is 3.66. The Kier molecular flexibility index (Phi) is 5.86. The van der Waals surface area contributed by atoms with Crippen molar-refractivity contribution in [3.63, 3.8) is 0 Å². The van der Waals surface area contributed by atoms with Gasteiger partial charge < -0.3 is 9.64 Å². The van der Waals surface area contributed by atoms with Gasteiger partial charge >= 0.3 is 0 Å². The summed E-state index contributed by atoms with van der Waals surface area (Å²) in [6.45, 7) is 4.14. The predicted octanol–water partition coefficient (Wildman–Crippen LogP) is 3.35. The third-order valence-corrected chi connectivity index (χ3v) is 4.80. The van der Waals surface area contributed by atoms with Gasteiger partial charge in [-0.25, -0.2) is 0 Å². The standard InChI is InChI=1S/C15H19NO2S2/c1-2-18-15(19)20-13-8-10-16(11-9-13)14(17)12-6-4-3-5-7-12/h3-7,13H,2,8-11H2,1H3. The van der Waals surface area contributed by atoms with Crippen LogP contribution in [0.1, 0.15) is 30.1 Å². The Morgan fingerprint density at radius 1 is 1.35 bits per heavy atom. The molecule has 1 aliphatic heterocycles. The third kappa shape index (κ3) is 4.21. The van der Waals surface area contributed by atoms with E-state index in [2.05, 4.69) is 0 Å². The maximum absolute atomic E-state index is 12.3. The van der Waals surface area contributed by atoms with Crippen LogP contribution >= 0.6 is 24.0 Å². The molecular formula is C15H19NO2S2. The summed E-state index contributed by atoms with van der Waals surface area (Å²) in [5.74, 6) is 0.126. The van der Waals surface area contributed by atoms with Gasteiger partial charge in [0.05, 0.1) is 6.61 Å². The molecule has 1 fully saturated rings. The van der Waals surface area contributed by atoms with Gasteiger partial charge in [-0.05, 0) is 44.1 Å². The number of hydrogen-bond acceptors (Lipinski definition) is 4. The highest BCUT2D eigenvalue weighted by Gasteiger charge is 2.24. The minimum absolute atomic E-state index is 0.126. The first-order valence-electron chi connectivity index (χ1n) is 6.88. The zero-order chi connectivity index (χ0) is 14.4. The molecule has 1 saturated heterocycles. The Morgan fingerprint density at radius 2 is 2.00 bits per heavy atom. The van der Waals surface area contributed by atoms with Gasteiger partial charge in [-0.2, -0.15) is 0 Å². The van der Waals surface area contributed by atoms with Crippen molar-refractivity contribution in [2.24, 2.45) is 0 Å². The van der Waals surface area contributed by atoms with E-state index in [1.807, 2.05) is 42.2 Å². The van der Waals surface area contributed by atoms with Gasteiger partial charge in [-0.1, -0.05) is 30.0 Å². The lowest BCUT2D eigenvalue weighted by molar-refractivity contribution is 0.0727. The molecule has 0 saturated carbocycles. The molecule has 108 valence electrons. The van der Waals surface area contributed by atoms with E-state index in [-0.39, 0.29) is 5.91 Å². The van der Waals surface area contributed by atoms with E-state index < -0.39 is 0 Å². The van der Waals surface area contributed by atoms with Crippen LogP contribution in [0.25, 0.3) is 0 Å². The van der Waals surface area contributed by atoms with Crippen molar-refractivity contribution < 1.29 is 9.53 Å². The van der Waals surface area contributed by atoms with Crippen LogP contribution in [0.4, 0.5) is 0 Å². The second kappa shape index (κ2) is 7.64. The molecule has 2 rings (SSSR count). The molecule has 0 aromatic heterocycles. The van der Waals surface area contributed by atoms with Crippen molar-refractivity contribution >= 4 is 34.3 Å². The largest absolute Gasteiger partial charge is 0.479 e. The summed E-state index contributed by atoms with van der Waals surface area (Å²) in [7, 11) is 0.